The number of aliphatic hydroxyl groups excluding tert-OH is 2. The first-order valence-corrected chi connectivity index (χ1v) is 44.6. The van der Waals surface area contributed by atoms with Gasteiger partial charge >= 0.3 is 11.9 Å². The molecular weight excluding hydrogens is 1750 g/mol. The van der Waals surface area contributed by atoms with Gasteiger partial charge in [0.1, 0.15) is 84.3 Å². The second kappa shape index (κ2) is 52.5. The number of aliphatic hydroxyl groups is 2. The number of carbonyl (C=O) groups excluding carboxylic acids is 13. The highest BCUT2D eigenvalue weighted by Gasteiger charge is 2.40. The molecule has 14 atom stereocenters. The van der Waals surface area contributed by atoms with Crippen molar-refractivity contribution in [3.8, 4) is 5.75 Å². The van der Waals surface area contributed by atoms with E-state index in [4.69, 9.17) is 22.6 Å². The van der Waals surface area contributed by atoms with Crippen LogP contribution in [0.25, 0.3) is 21.8 Å². The van der Waals surface area contributed by atoms with Crippen LogP contribution in [-0.4, -0.2) is 273 Å². The molecule has 30 N–H and O–H groups in total. The smallest absolute Gasteiger partial charge is 0.326 e. The molecule has 4 aromatic heterocycles. The van der Waals surface area contributed by atoms with Gasteiger partial charge in [0.15, 0.2) is 5.96 Å². The van der Waals surface area contributed by atoms with Crippen molar-refractivity contribution >= 4 is 128 Å². The molecule has 0 unspecified atom stereocenters. The number of para-hydroxylation sites is 2. The number of hydrogen-bond acceptors (Lipinski definition) is 24. The predicted molar refractivity (Wildman–Crippen MR) is 488 cm³/mol. The average Bonchev–Trinajstić information content (AvgIpc) is 1.67. The summed E-state index contributed by atoms with van der Waals surface area (Å²) in [6.07, 6.45) is 8.09. The van der Waals surface area contributed by atoms with Crippen LogP contribution in [0.5, 0.6) is 5.75 Å². The van der Waals surface area contributed by atoms with Crippen molar-refractivity contribution in [3.63, 3.8) is 0 Å². The number of nitrogens with two attached hydrogens (primary N) is 3. The number of amides is 13. The highest BCUT2D eigenvalue weighted by Crippen LogP contribution is 2.23. The molecule has 45 heteroatoms. The Morgan fingerprint density at radius 1 is 0.421 bits per heavy atom. The summed E-state index contributed by atoms with van der Waals surface area (Å²) in [5, 5.41) is 97.0. The van der Waals surface area contributed by atoms with E-state index in [2.05, 4.69) is 104 Å². The molecule has 0 bridgehead atoms. The Labute approximate surface area is 768 Å². The molecule has 13 amide bonds. The van der Waals surface area contributed by atoms with Crippen molar-refractivity contribution in [1.82, 2.24) is 104 Å². The molecule has 8 aromatic rings. The summed E-state index contributed by atoms with van der Waals surface area (Å²) in [4.78, 5) is 234. The molecule has 44 nitrogen and oxygen atoms in total. The molecule has 0 fully saturated rings. The van der Waals surface area contributed by atoms with E-state index in [0.29, 0.717) is 62.6 Å². The van der Waals surface area contributed by atoms with Crippen molar-refractivity contribution in [2.45, 2.75) is 195 Å². The topological polar surface area (TPSA) is 716 Å². The third-order valence-corrected chi connectivity index (χ3v) is 22.3. The molecule has 4 heterocycles. The van der Waals surface area contributed by atoms with Crippen LogP contribution in [0.4, 0.5) is 0 Å². The van der Waals surface area contributed by atoms with E-state index in [1.165, 1.54) is 68.0 Å². The number of H-pyrrole nitrogens is 4. The zero-order valence-electron chi connectivity index (χ0n) is 73.8. The molecule has 0 spiro atoms. The number of guanidine groups is 1. The first-order chi connectivity index (χ1) is 63.6. The Balaban J connectivity index is 1.01. The fourth-order valence-electron chi connectivity index (χ4n) is 14.3. The number of thioether (sulfide) groups is 1. The lowest BCUT2D eigenvalue weighted by Gasteiger charge is -2.29. The molecular formula is C88H118N24O20S. The van der Waals surface area contributed by atoms with E-state index < -0.39 is 211 Å². The third kappa shape index (κ3) is 32.9. The number of rotatable bonds is 56. The zero-order valence-corrected chi connectivity index (χ0v) is 74.6. The van der Waals surface area contributed by atoms with Crippen LogP contribution < -0.4 is 91.6 Å². The Kier molecular flexibility index (Phi) is 41.1. The number of unbranched alkanes of at least 4 members (excludes halogenated alkanes) is 1. The van der Waals surface area contributed by atoms with Crippen LogP contribution in [0, 0.1) is 11.3 Å². The Hall–Kier alpha value is -14.3. The van der Waals surface area contributed by atoms with Crippen LogP contribution in [0.3, 0.4) is 0 Å². The van der Waals surface area contributed by atoms with Gasteiger partial charge in [-0.1, -0.05) is 92.7 Å². The third-order valence-electron chi connectivity index (χ3n) is 21.6. The van der Waals surface area contributed by atoms with E-state index in [0.717, 1.165) is 0 Å². The van der Waals surface area contributed by atoms with Gasteiger partial charge in [0.05, 0.1) is 31.9 Å². The number of benzene rings is 4. The van der Waals surface area contributed by atoms with Crippen molar-refractivity contribution in [2.24, 2.45) is 23.1 Å². The van der Waals surface area contributed by atoms with Crippen LogP contribution in [0.1, 0.15) is 106 Å². The molecule has 716 valence electrons. The number of aromatic nitrogens is 6. The number of aromatic amines is 4. The number of nitrogens with zero attached hydrogens (tertiary/aromatic N) is 2. The van der Waals surface area contributed by atoms with Crippen molar-refractivity contribution < 1.29 is 97.5 Å². The molecule has 4 aromatic carbocycles. The van der Waals surface area contributed by atoms with Crippen LogP contribution in [0.2, 0.25) is 0 Å². The number of carboxylic acids is 2. The fraction of sp³-hybridized carbons (Fsp3) is 0.432. The van der Waals surface area contributed by atoms with Gasteiger partial charge in [-0.25, -0.2) is 14.8 Å². The first-order valence-electron chi connectivity index (χ1n) is 43.2. The molecule has 0 aliphatic carbocycles. The van der Waals surface area contributed by atoms with Gasteiger partial charge in [0, 0.05) is 109 Å². The fourth-order valence-corrected chi connectivity index (χ4v) is 14.8. The van der Waals surface area contributed by atoms with Crippen molar-refractivity contribution in [1.29, 1.82) is 5.41 Å². The lowest BCUT2D eigenvalue weighted by Crippen LogP contribution is -2.62. The molecule has 0 saturated carbocycles. The van der Waals surface area contributed by atoms with Gasteiger partial charge in [-0.2, -0.15) is 11.8 Å². The van der Waals surface area contributed by atoms with E-state index in [9.17, 15) is 83.1 Å². The summed E-state index contributed by atoms with van der Waals surface area (Å²) >= 11 is 1.28. The van der Waals surface area contributed by atoms with Gasteiger partial charge in [0.25, 0.3) is 0 Å². The monoisotopic (exact) mass is 1860 g/mol. The first kappa shape index (κ1) is 104. The van der Waals surface area contributed by atoms with Gasteiger partial charge < -0.3 is 137 Å². The lowest BCUT2D eigenvalue weighted by atomic mass is 10.00. The Morgan fingerprint density at radius 2 is 0.797 bits per heavy atom. The van der Waals surface area contributed by atoms with Crippen LogP contribution in [0.15, 0.2) is 141 Å². The predicted octanol–water partition coefficient (Wildman–Crippen LogP) is -3.06. The number of imidazole rings is 2. The summed E-state index contributed by atoms with van der Waals surface area (Å²) in [6.45, 7) is 2.37. The summed E-state index contributed by atoms with van der Waals surface area (Å²) in [7, 11) is 0. The largest absolute Gasteiger partial charge is 0.508 e. The summed E-state index contributed by atoms with van der Waals surface area (Å²) in [5.74, 6) is -16.8. The van der Waals surface area contributed by atoms with E-state index in [-0.39, 0.29) is 94.5 Å². The Morgan fingerprint density at radius 3 is 1.22 bits per heavy atom. The second-order valence-corrected chi connectivity index (χ2v) is 33.2. The summed E-state index contributed by atoms with van der Waals surface area (Å²) in [6, 6.07) is 5.74. The maximum absolute atomic E-state index is 15.1. The minimum Gasteiger partial charge on any atom is -0.508 e. The van der Waals surface area contributed by atoms with Crippen LogP contribution in [-0.2, 0) is 110 Å². The van der Waals surface area contributed by atoms with Gasteiger partial charge in [-0.05, 0) is 123 Å². The maximum atomic E-state index is 15.1. The number of nitrogens with one attached hydrogen (secondary N) is 19. The molecule has 133 heavy (non-hydrogen) atoms. The second-order valence-electron chi connectivity index (χ2n) is 32.2. The SMILES string of the molecule is CSCC[C@H](NC(=O)[C@H](Cc1ccc(O)cc1)NC(=O)[C@H](CO)NC(=O)[C@H](CO)NC(=O)[C@H](Cc1c[nH]c2ccccc12)NC(=O)[C@H](CCCNC(=N)N)NC(=O)[C@H](Cc1cnc[nH]1)NC(=O)[C@H](Cc1ccccc1)NC(=O)[C@H](CCC(=O)O)NC(=O)[C@H](C)N)C(=O)N[C@H](C(=O)N[C@@H](Cc1cnc[nH]1)C(=O)N[C@@H](Cc1c[nH]c2ccccc12)C(=O)N[C@@H](CCCCN)C(=O)O)C(C)C. The number of fused-ring (bicyclic) bond motifs is 2. The number of aromatic hydroxyl groups is 1. The molecule has 0 aliphatic rings. The van der Waals surface area contributed by atoms with Gasteiger partial charge in [-0.15, -0.1) is 0 Å². The summed E-state index contributed by atoms with van der Waals surface area (Å²) in [5.41, 5.74) is 20.8. The quantitative estimate of drug-likeness (QED) is 0.0102. The van der Waals surface area contributed by atoms with E-state index >= 15 is 14.4 Å². The molecule has 8 rings (SSSR count). The number of hydrogen-bond donors (Lipinski definition) is 27. The number of carbonyl (C=O) groups is 15. The van der Waals surface area contributed by atoms with Gasteiger partial charge in [0.2, 0.25) is 76.8 Å². The highest BCUT2D eigenvalue weighted by molar-refractivity contribution is 7.98. The number of phenols is 1. The minimum atomic E-state index is -2.00. The van der Waals surface area contributed by atoms with E-state index in [1.807, 2.05) is 0 Å². The van der Waals surface area contributed by atoms with Crippen molar-refractivity contribution in [3.05, 3.63) is 174 Å². The normalized spacial score (nSPS) is 14.4. The number of carboxylic acid groups (broad SMARTS) is 2. The lowest BCUT2D eigenvalue weighted by molar-refractivity contribution is -0.142. The number of phenolic OH excluding ortho intramolecular Hbond substituents is 1. The highest BCUT2D eigenvalue weighted by atomic mass is 32.2. The Bertz CT molecular complexity index is 5250. The maximum Gasteiger partial charge on any atom is 0.326 e. The molecule has 0 saturated heterocycles. The number of aliphatic carboxylic acids is 2. The standard InChI is InChI=1S/C88H118N24O20S/c1-47(2)73(86(130)109-69(38-54-42-94-46-99-54)83(127)107-66(35-51-39-96-58-19-10-8-17-56(51)58)80(124)103-63(87(131)132)21-12-13-30-89)112-77(121)62(29-32-133-4)102-78(122)65(34-50-23-25-55(115)26-24-50)105-84(128)70(43-113)111-85(129)71(44-114)110-81(125)67(36-52-40-97-59-20-11-9-18-57(52)59)106-75(119)60(22-14-31-95-88(91)92)101-82(126)68(37-53-41-93-45-98-53)108-79(123)64(33-49-15-6-5-7-16-49)104-76(120)61(27-28-72(116)117)100-74(118)48(3)90/h5-11,15-20,23-26,39-42,45-48,60-71,73,96-97,113-115H,12-14,21-22,27-38,43-44,89-90H2,1-4H3,(H,93,98)(H,94,99)(H,100,118)(H,101,126)(H,102,122)(H,103,124)(H,104,120)(H,105,128)(H,106,119)(H,107,127)(H,108,123)(H,109,130)(H,110,125)(H,111,129)(H,112,121)(H,116,117)(H,131,132)(H4,91,92,95)/t48-,60-,61-,62-,63-,64-,65-,66-,67-,68-,69-,70-,71-,73-/m0/s1. The van der Waals surface area contributed by atoms with E-state index in [1.54, 1.807) is 111 Å². The zero-order chi connectivity index (χ0) is 96.8. The van der Waals surface area contributed by atoms with Gasteiger partial charge in [-0.3, -0.25) is 72.5 Å². The van der Waals surface area contributed by atoms with Crippen molar-refractivity contribution in [2.75, 3.05) is 38.3 Å². The molecule has 0 radical (unpaired) electrons. The van der Waals surface area contributed by atoms with Crippen LogP contribution >= 0.6 is 11.8 Å². The minimum absolute atomic E-state index is 0.00326. The average molecular weight is 1860 g/mol. The molecule has 0 aliphatic heterocycles. The summed E-state index contributed by atoms with van der Waals surface area (Å²) < 4.78 is 0.